The summed E-state index contributed by atoms with van der Waals surface area (Å²) in [4.78, 5) is 43.4. The topological polar surface area (TPSA) is 102 Å². The minimum atomic E-state index is -4.11. The SMILES string of the molecule is CCN1C(=O)C(=CN2CCN(CC(=O)N3CCCC3)CC2)C(=O)N(CC)S1(=O)=O. The van der Waals surface area contributed by atoms with Crippen LogP contribution in [0.5, 0.6) is 0 Å². The number of hydrogen-bond donors (Lipinski definition) is 0. The molecular weight excluding hydrogens is 398 g/mol. The van der Waals surface area contributed by atoms with E-state index in [9.17, 15) is 22.8 Å². The zero-order chi connectivity index (χ0) is 21.2. The number of hydrogen-bond acceptors (Lipinski definition) is 7. The average Bonchev–Trinajstić information content (AvgIpc) is 3.22. The molecule has 0 spiro atoms. The average molecular weight is 428 g/mol. The Bertz CT molecular complexity index is 765. The predicted molar refractivity (Wildman–Crippen MR) is 106 cm³/mol. The molecule has 0 unspecified atom stereocenters. The lowest BCUT2D eigenvalue weighted by Gasteiger charge is -2.37. The first-order valence-corrected chi connectivity index (χ1v) is 11.5. The third kappa shape index (κ3) is 4.25. The van der Waals surface area contributed by atoms with Crippen LogP contribution in [0, 0.1) is 0 Å². The first-order chi connectivity index (χ1) is 13.8. The fourth-order valence-electron chi connectivity index (χ4n) is 3.90. The van der Waals surface area contributed by atoms with E-state index in [1.54, 1.807) is 13.8 Å². The summed E-state index contributed by atoms with van der Waals surface area (Å²) in [6.07, 6.45) is 3.60. The summed E-state index contributed by atoms with van der Waals surface area (Å²) in [6.45, 7) is 7.50. The number of piperazine rings is 1. The van der Waals surface area contributed by atoms with Crippen LogP contribution in [0.25, 0.3) is 0 Å². The van der Waals surface area contributed by atoms with Gasteiger partial charge in [0.25, 0.3) is 11.8 Å². The number of carbonyl (C=O) groups is 3. The van der Waals surface area contributed by atoms with Gasteiger partial charge in [-0.15, -0.1) is 0 Å². The Morgan fingerprint density at radius 2 is 1.41 bits per heavy atom. The van der Waals surface area contributed by atoms with Crippen LogP contribution in [0.2, 0.25) is 0 Å². The molecule has 3 saturated heterocycles. The molecule has 0 saturated carbocycles. The fourth-order valence-corrected chi connectivity index (χ4v) is 5.41. The molecule has 0 aromatic rings. The molecule has 3 aliphatic rings. The smallest absolute Gasteiger partial charge is 0.331 e. The predicted octanol–water partition coefficient (Wildman–Crippen LogP) is -0.934. The second kappa shape index (κ2) is 8.70. The van der Waals surface area contributed by atoms with Crippen molar-refractivity contribution in [2.45, 2.75) is 26.7 Å². The lowest BCUT2D eigenvalue weighted by Crippen LogP contribution is -2.56. The van der Waals surface area contributed by atoms with Gasteiger partial charge in [0.2, 0.25) is 5.91 Å². The number of likely N-dealkylation sites (N-methyl/N-ethyl adjacent to an activating group) is 2. The van der Waals surface area contributed by atoms with Crippen LogP contribution in [-0.2, 0) is 24.6 Å². The molecule has 0 bridgehead atoms. The van der Waals surface area contributed by atoms with Crippen molar-refractivity contribution in [1.82, 2.24) is 23.3 Å². The quantitative estimate of drug-likeness (QED) is 0.412. The summed E-state index contributed by atoms with van der Waals surface area (Å²) in [5.41, 5.74) is -0.134. The first kappa shape index (κ1) is 21.6. The number of carbonyl (C=O) groups excluding carboxylic acids is 3. The summed E-state index contributed by atoms with van der Waals surface area (Å²) in [7, 11) is -4.11. The van der Waals surface area contributed by atoms with Gasteiger partial charge in [0.05, 0.1) is 6.54 Å². The van der Waals surface area contributed by atoms with Crippen LogP contribution in [0.3, 0.4) is 0 Å². The standard InChI is InChI=1S/C18H29N5O5S/c1-3-22-17(25)15(18(26)23(4-2)29(22,27)28)13-19-9-11-20(12-10-19)14-16(24)21-7-5-6-8-21/h13H,3-12,14H2,1-2H3. The molecule has 3 fully saturated rings. The van der Waals surface area contributed by atoms with E-state index in [0.717, 1.165) is 34.5 Å². The second-order valence-electron chi connectivity index (χ2n) is 7.39. The highest BCUT2D eigenvalue weighted by Gasteiger charge is 2.45. The highest BCUT2D eigenvalue weighted by molar-refractivity contribution is 7.88. The Morgan fingerprint density at radius 3 is 1.90 bits per heavy atom. The fraction of sp³-hybridized carbons (Fsp3) is 0.722. The third-order valence-electron chi connectivity index (χ3n) is 5.58. The number of rotatable bonds is 5. The zero-order valence-corrected chi connectivity index (χ0v) is 17.9. The Balaban J connectivity index is 1.65. The molecule has 10 nitrogen and oxygen atoms in total. The van der Waals surface area contributed by atoms with Gasteiger partial charge in [-0.3, -0.25) is 19.3 Å². The van der Waals surface area contributed by atoms with Crippen LogP contribution in [-0.4, -0.2) is 108 Å². The monoisotopic (exact) mass is 427 g/mol. The van der Waals surface area contributed by atoms with Gasteiger partial charge in [-0.1, -0.05) is 0 Å². The molecule has 3 heterocycles. The normalized spacial score (nSPS) is 23.2. The van der Waals surface area contributed by atoms with Crippen molar-refractivity contribution < 1.29 is 22.8 Å². The third-order valence-corrected chi connectivity index (χ3v) is 7.54. The van der Waals surface area contributed by atoms with Gasteiger partial charge in [-0.05, 0) is 26.7 Å². The minimum absolute atomic E-state index is 0.0331. The molecule has 11 heteroatoms. The molecule has 3 rings (SSSR count). The van der Waals surface area contributed by atoms with E-state index in [-0.39, 0.29) is 24.6 Å². The molecule has 0 aromatic carbocycles. The minimum Gasteiger partial charge on any atom is -0.374 e. The van der Waals surface area contributed by atoms with Crippen molar-refractivity contribution >= 4 is 27.9 Å². The Morgan fingerprint density at radius 1 is 0.897 bits per heavy atom. The maximum atomic E-state index is 12.6. The van der Waals surface area contributed by atoms with E-state index in [4.69, 9.17) is 0 Å². The zero-order valence-electron chi connectivity index (χ0n) is 17.0. The van der Waals surface area contributed by atoms with Gasteiger partial charge in [0.1, 0.15) is 5.57 Å². The molecule has 0 N–H and O–H groups in total. The van der Waals surface area contributed by atoms with E-state index in [0.29, 0.717) is 32.7 Å². The molecule has 0 aromatic heterocycles. The maximum Gasteiger partial charge on any atom is 0.331 e. The van der Waals surface area contributed by atoms with E-state index >= 15 is 0 Å². The first-order valence-electron chi connectivity index (χ1n) is 10.1. The van der Waals surface area contributed by atoms with Gasteiger partial charge >= 0.3 is 10.2 Å². The van der Waals surface area contributed by atoms with Crippen molar-refractivity contribution in [3.05, 3.63) is 11.8 Å². The molecule has 0 aliphatic carbocycles. The lowest BCUT2D eigenvalue weighted by atomic mass is 10.2. The largest absolute Gasteiger partial charge is 0.374 e. The summed E-state index contributed by atoms with van der Waals surface area (Å²) in [6, 6.07) is 0. The van der Waals surface area contributed by atoms with Crippen molar-refractivity contribution in [3.8, 4) is 0 Å². The Kier molecular flexibility index (Phi) is 6.47. The molecule has 0 atom stereocenters. The van der Waals surface area contributed by atoms with Crippen molar-refractivity contribution in [3.63, 3.8) is 0 Å². The number of nitrogens with zero attached hydrogens (tertiary/aromatic N) is 5. The van der Waals surface area contributed by atoms with Gasteiger partial charge < -0.3 is 9.80 Å². The number of likely N-dealkylation sites (tertiary alicyclic amines) is 1. The second-order valence-corrected chi connectivity index (χ2v) is 9.17. The van der Waals surface area contributed by atoms with Gasteiger partial charge in [0, 0.05) is 58.6 Å². The van der Waals surface area contributed by atoms with Crippen LogP contribution >= 0.6 is 0 Å². The Labute approximate surface area is 171 Å². The molecular formula is C18H29N5O5S. The molecule has 162 valence electrons. The van der Waals surface area contributed by atoms with E-state index < -0.39 is 22.0 Å². The summed E-state index contributed by atoms with van der Waals surface area (Å²) >= 11 is 0. The number of amides is 3. The van der Waals surface area contributed by atoms with Crippen molar-refractivity contribution in [1.29, 1.82) is 0 Å². The van der Waals surface area contributed by atoms with E-state index in [2.05, 4.69) is 4.90 Å². The van der Waals surface area contributed by atoms with Crippen LogP contribution in [0.4, 0.5) is 0 Å². The molecule has 3 aliphatic heterocycles. The van der Waals surface area contributed by atoms with E-state index in [1.165, 1.54) is 6.20 Å². The van der Waals surface area contributed by atoms with Gasteiger partial charge in [-0.2, -0.15) is 8.42 Å². The van der Waals surface area contributed by atoms with Gasteiger partial charge in [0.15, 0.2) is 0 Å². The van der Waals surface area contributed by atoms with E-state index in [1.807, 2.05) is 9.80 Å². The summed E-state index contributed by atoms with van der Waals surface area (Å²) in [5, 5.41) is 0. The highest BCUT2D eigenvalue weighted by atomic mass is 32.2. The molecule has 3 amide bonds. The van der Waals surface area contributed by atoms with Crippen LogP contribution in [0.15, 0.2) is 11.8 Å². The van der Waals surface area contributed by atoms with Crippen molar-refractivity contribution in [2.75, 3.05) is 58.9 Å². The lowest BCUT2D eigenvalue weighted by molar-refractivity contribution is -0.132. The van der Waals surface area contributed by atoms with Crippen molar-refractivity contribution in [2.24, 2.45) is 0 Å². The Hall–Kier alpha value is -2.14. The molecule has 0 radical (unpaired) electrons. The summed E-state index contributed by atoms with van der Waals surface area (Å²) < 4.78 is 26.3. The highest BCUT2D eigenvalue weighted by Crippen LogP contribution is 2.23. The summed E-state index contributed by atoms with van der Waals surface area (Å²) in [5.74, 6) is -1.42. The van der Waals surface area contributed by atoms with Crippen LogP contribution in [0.1, 0.15) is 26.7 Å². The van der Waals surface area contributed by atoms with Crippen LogP contribution < -0.4 is 0 Å². The maximum absolute atomic E-state index is 12.6. The van der Waals surface area contributed by atoms with Gasteiger partial charge in [-0.25, -0.2) is 8.61 Å². The molecule has 29 heavy (non-hydrogen) atoms.